The van der Waals surface area contributed by atoms with Crippen molar-refractivity contribution in [3.8, 4) is 0 Å². The van der Waals surface area contributed by atoms with Gasteiger partial charge in [-0.15, -0.1) is 12.4 Å². The van der Waals surface area contributed by atoms with E-state index in [1.807, 2.05) is 20.8 Å². The maximum atomic E-state index is 12.3. The predicted octanol–water partition coefficient (Wildman–Crippen LogP) is 1.21. The van der Waals surface area contributed by atoms with Crippen molar-refractivity contribution in [2.24, 2.45) is 0 Å². The molecule has 1 aromatic carbocycles. The number of nitrogens with one attached hydrogen (secondary N) is 2. The molecule has 0 aromatic heterocycles. The van der Waals surface area contributed by atoms with E-state index in [1.165, 1.54) is 0 Å². The minimum atomic E-state index is -3.57. The summed E-state index contributed by atoms with van der Waals surface area (Å²) in [6.45, 7) is 8.15. The van der Waals surface area contributed by atoms with Gasteiger partial charge in [0.2, 0.25) is 15.9 Å². The zero-order valence-electron chi connectivity index (χ0n) is 14.3. The third-order valence-corrected chi connectivity index (χ3v) is 5.70. The summed E-state index contributed by atoms with van der Waals surface area (Å²) in [5.41, 5.74) is 1.98. The number of carbonyl (C=O) groups excluding carboxylic acids is 1. The molecule has 1 saturated heterocycles. The van der Waals surface area contributed by atoms with E-state index >= 15 is 0 Å². The molecule has 1 fully saturated rings. The van der Waals surface area contributed by atoms with Gasteiger partial charge in [0.25, 0.3) is 0 Å². The van der Waals surface area contributed by atoms with Crippen molar-refractivity contribution in [3.05, 3.63) is 29.3 Å². The van der Waals surface area contributed by atoms with Gasteiger partial charge in [-0.3, -0.25) is 4.79 Å². The zero-order valence-corrected chi connectivity index (χ0v) is 16.0. The van der Waals surface area contributed by atoms with Gasteiger partial charge in [0.05, 0.1) is 4.90 Å². The maximum absolute atomic E-state index is 12.3. The molecule has 1 amide bonds. The van der Waals surface area contributed by atoms with E-state index in [0.29, 0.717) is 6.54 Å². The molecular formula is C16H26ClN3O3S. The van der Waals surface area contributed by atoms with Crippen LogP contribution in [-0.2, 0) is 14.8 Å². The van der Waals surface area contributed by atoms with Crippen LogP contribution in [0.1, 0.15) is 24.5 Å². The molecule has 1 aliphatic heterocycles. The monoisotopic (exact) mass is 375 g/mol. The number of hydrogen-bond acceptors (Lipinski definition) is 4. The number of aryl methyl sites for hydroxylation is 2. The van der Waals surface area contributed by atoms with E-state index in [2.05, 4.69) is 10.0 Å². The van der Waals surface area contributed by atoms with E-state index in [1.54, 1.807) is 23.1 Å². The molecule has 0 radical (unpaired) electrons. The minimum Gasteiger partial charge on any atom is -0.337 e. The molecule has 136 valence electrons. The highest BCUT2D eigenvalue weighted by atomic mass is 35.5. The summed E-state index contributed by atoms with van der Waals surface area (Å²) >= 11 is 0. The summed E-state index contributed by atoms with van der Waals surface area (Å²) in [5.74, 6) is -0.0122. The van der Waals surface area contributed by atoms with Crippen LogP contribution in [-0.4, -0.2) is 51.4 Å². The van der Waals surface area contributed by atoms with Gasteiger partial charge in [-0.1, -0.05) is 6.07 Å². The number of nitrogens with zero attached hydrogens (tertiary/aromatic N) is 1. The second-order valence-corrected chi connectivity index (χ2v) is 7.80. The molecular weight excluding hydrogens is 350 g/mol. The summed E-state index contributed by atoms with van der Waals surface area (Å²) < 4.78 is 27.1. The van der Waals surface area contributed by atoms with Crippen molar-refractivity contribution in [1.29, 1.82) is 0 Å². The lowest BCUT2D eigenvalue weighted by Crippen LogP contribution is -2.52. The lowest BCUT2D eigenvalue weighted by molar-refractivity contribution is -0.133. The summed E-state index contributed by atoms with van der Waals surface area (Å²) in [7, 11) is -3.57. The van der Waals surface area contributed by atoms with Gasteiger partial charge in [-0.2, -0.15) is 0 Å². The molecule has 24 heavy (non-hydrogen) atoms. The predicted molar refractivity (Wildman–Crippen MR) is 97.0 cm³/mol. The average molecular weight is 376 g/mol. The minimum absolute atomic E-state index is 0. The molecule has 1 aliphatic rings. The number of hydrogen-bond donors (Lipinski definition) is 2. The first kappa shape index (κ1) is 20.9. The fourth-order valence-corrected chi connectivity index (χ4v) is 3.73. The molecule has 0 unspecified atom stereocenters. The number of halogens is 1. The molecule has 1 aromatic rings. The van der Waals surface area contributed by atoms with Crippen LogP contribution >= 0.6 is 12.4 Å². The van der Waals surface area contributed by atoms with Gasteiger partial charge < -0.3 is 10.2 Å². The largest absolute Gasteiger partial charge is 0.337 e. The number of carbonyl (C=O) groups is 1. The van der Waals surface area contributed by atoms with Crippen LogP contribution < -0.4 is 10.0 Å². The summed E-state index contributed by atoms with van der Waals surface area (Å²) in [5, 5.41) is 3.23. The Morgan fingerprint density at radius 1 is 1.33 bits per heavy atom. The van der Waals surface area contributed by atoms with Crippen molar-refractivity contribution < 1.29 is 13.2 Å². The van der Waals surface area contributed by atoms with Gasteiger partial charge >= 0.3 is 0 Å². The van der Waals surface area contributed by atoms with E-state index in [9.17, 15) is 13.2 Å². The second-order valence-electron chi connectivity index (χ2n) is 6.03. The van der Waals surface area contributed by atoms with Crippen LogP contribution in [0.25, 0.3) is 0 Å². The van der Waals surface area contributed by atoms with Crippen molar-refractivity contribution in [1.82, 2.24) is 14.9 Å². The lowest BCUT2D eigenvalue weighted by Gasteiger charge is -2.34. The fraction of sp³-hybridized carbons (Fsp3) is 0.562. The Hall–Kier alpha value is -1.15. The van der Waals surface area contributed by atoms with Gasteiger partial charge in [-0.05, 0) is 44.0 Å². The van der Waals surface area contributed by atoms with Gasteiger partial charge in [0, 0.05) is 38.6 Å². The van der Waals surface area contributed by atoms with Crippen LogP contribution in [0.5, 0.6) is 0 Å². The maximum Gasteiger partial charge on any atom is 0.240 e. The molecule has 0 bridgehead atoms. The quantitative estimate of drug-likeness (QED) is 0.811. The molecule has 2 rings (SSSR count). The van der Waals surface area contributed by atoms with E-state index in [-0.39, 0.29) is 42.2 Å². The topological polar surface area (TPSA) is 78.5 Å². The summed E-state index contributed by atoms with van der Waals surface area (Å²) in [6.07, 6.45) is 0.175. The van der Waals surface area contributed by atoms with E-state index < -0.39 is 10.0 Å². The molecule has 2 N–H and O–H groups in total. The first-order chi connectivity index (χ1) is 10.8. The van der Waals surface area contributed by atoms with Crippen LogP contribution in [0.4, 0.5) is 0 Å². The fourth-order valence-electron chi connectivity index (χ4n) is 2.61. The summed E-state index contributed by atoms with van der Waals surface area (Å²) in [4.78, 5) is 14.2. The third-order valence-electron chi connectivity index (χ3n) is 4.24. The SMILES string of the molecule is Cc1ccc(S(=O)(=O)NCCC(=O)N2CCNC[C@@H]2C)cc1C.Cl. The van der Waals surface area contributed by atoms with E-state index in [4.69, 9.17) is 0 Å². The van der Waals surface area contributed by atoms with Crippen LogP contribution in [0, 0.1) is 13.8 Å². The number of sulfonamides is 1. The van der Waals surface area contributed by atoms with E-state index in [0.717, 1.165) is 24.2 Å². The van der Waals surface area contributed by atoms with Gasteiger partial charge in [0.15, 0.2) is 0 Å². The van der Waals surface area contributed by atoms with Gasteiger partial charge in [-0.25, -0.2) is 13.1 Å². The molecule has 6 nitrogen and oxygen atoms in total. The highest BCUT2D eigenvalue weighted by Crippen LogP contribution is 2.14. The third kappa shape index (κ3) is 5.17. The molecule has 8 heteroatoms. The van der Waals surface area contributed by atoms with Gasteiger partial charge in [0.1, 0.15) is 0 Å². The molecule has 1 atom stereocenters. The lowest BCUT2D eigenvalue weighted by atomic mass is 10.1. The molecule has 1 heterocycles. The molecule has 0 aliphatic carbocycles. The van der Waals surface area contributed by atoms with Crippen molar-refractivity contribution in [2.45, 2.75) is 38.1 Å². The smallest absolute Gasteiger partial charge is 0.240 e. The first-order valence-corrected chi connectivity index (χ1v) is 9.36. The Labute approximate surface area is 150 Å². The highest BCUT2D eigenvalue weighted by molar-refractivity contribution is 7.89. The number of piperazine rings is 1. The summed E-state index contributed by atoms with van der Waals surface area (Å²) in [6, 6.07) is 5.17. The standard InChI is InChI=1S/C16H25N3O3S.ClH/c1-12-4-5-15(10-13(12)2)23(21,22)18-7-6-16(20)19-9-8-17-11-14(19)3;/h4-5,10,14,17-18H,6-9,11H2,1-3H3;1H/t14-;/m0./s1. The average Bonchev–Trinajstić information content (AvgIpc) is 2.50. The van der Waals surface area contributed by atoms with Crippen LogP contribution in [0.2, 0.25) is 0 Å². The number of amides is 1. The second kappa shape index (κ2) is 8.80. The van der Waals surface area contributed by atoms with Crippen molar-refractivity contribution >= 4 is 28.3 Å². The number of benzene rings is 1. The Balaban J connectivity index is 0.00000288. The highest BCUT2D eigenvalue weighted by Gasteiger charge is 2.23. The Morgan fingerprint density at radius 2 is 2.04 bits per heavy atom. The Morgan fingerprint density at radius 3 is 2.67 bits per heavy atom. The van der Waals surface area contributed by atoms with Crippen LogP contribution in [0.3, 0.4) is 0 Å². The van der Waals surface area contributed by atoms with Crippen LogP contribution in [0.15, 0.2) is 23.1 Å². The Kier molecular flexibility index (Phi) is 7.66. The first-order valence-electron chi connectivity index (χ1n) is 7.88. The van der Waals surface area contributed by atoms with Crippen molar-refractivity contribution in [2.75, 3.05) is 26.2 Å². The Bertz CT molecular complexity index is 679. The molecule has 0 spiro atoms. The zero-order chi connectivity index (χ0) is 17.0. The van der Waals surface area contributed by atoms with Crippen molar-refractivity contribution in [3.63, 3.8) is 0 Å². The number of rotatable bonds is 5. The normalized spacial score (nSPS) is 18.1. The molecule has 0 saturated carbocycles.